The van der Waals surface area contributed by atoms with E-state index in [4.69, 9.17) is 0 Å². The van der Waals surface area contributed by atoms with Crippen molar-refractivity contribution in [2.75, 3.05) is 18.9 Å². The number of aromatic nitrogens is 3. The van der Waals surface area contributed by atoms with Crippen LogP contribution in [0.5, 0.6) is 0 Å². The molecular formula is C14H19N5O. The summed E-state index contributed by atoms with van der Waals surface area (Å²) >= 11 is 0. The van der Waals surface area contributed by atoms with Gasteiger partial charge in [-0.05, 0) is 25.0 Å². The van der Waals surface area contributed by atoms with Gasteiger partial charge in [-0.1, -0.05) is 0 Å². The Kier molecular flexibility index (Phi) is 5.11. The highest BCUT2D eigenvalue weighted by Crippen LogP contribution is 2.04. The van der Waals surface area contributed by atoms with Gasteiger partial charge in [0.25, 0.3) is 5.91 Å². The topological polar surface area (TPSA) is 71.8 Å². The first-order valence-corrected chi connectivity index (χ1v) is 6.67. The number of hydrogen-bond acceptors (Lipinski definition) is 4. The van der Waals surface area contributed by atoms with Gasteiger partial charge >= 0.3 is 0 Å². The first-order chi connectivity index (χ1) is 9.79. The summed E-state index contributed by atoms with van der Waals surface area (Å²) in [7, 11) is 1.82. The molecule has 6 nitrogen and oxygen atoms in total. The van der Waals surface area contributed by atoms with Gasteiger partial charge in [-0.15, -0.1) is 0 Å². The van der Waals surface area contributed by atoms with Crippen LogP contribution in [0.1, 0.15) is 23.3 Å². The van der Waals surface area contributed by atoms with Crippen LogP contribution in [0.4, 0.5) is 5.69 Å². The Morgan fingerprint density at radius 1 is 1.35 bits per heavy atom. The van der Waals surface area contributed by atoms with Crippen molar-refractivity contribution in [1.29, 1.82) is 0 Å². The summed E-state index contributed by atoms with van der Waals surface area (Å²) in [6.45, 7) is 1.58. The van der Waals surface area contributed by atoms with Crippen LogP contribution in [0.3, 0.4) is 0 Å². The zero-order valence-corrected chi connectivity index (χ0v) is 11.5. The van der Waals surface area contributed by atoms with Crippen molar-refractivity contribution < 1.29 is 4.79 Å². The summed E-state index contributed by atoms with van der Waals surface area (Å²) in [6, 6.07) is 3.55. The second kappa shape index (κ2) is 7.28. The monoisotopic (exact) mass is 273 g/mol. The highest BCUT2D eigenvalue weighted by molar-refractivity contribution is 5.92. The first kappa shape index (κ1) is 14.0. The largest absolute Gasteiger partial charge is 0.387 e. The molecule has 1 amide bonds. The van der Waals surface area contributed by atoms with Gasteiger partial charge in [0.15, 0.2) is 0 Å². The van der Waals surface area contributed by atoms with Crippen molar-refractivity contribution >= 4 is 11.6 Å². The van der Waals surface area contributed by atoms with E-state index in [2.05, 4.69) is 20.6 Å². The van der Waals surface area contributed by atoms with E-state index in [-0.39, 0.29) is 5.91 Å². The van der Waals surface area contributed by atoms with Gasteiger partial charge in [0.05, 0.1) is 18.2 Å². The Hall–Kier alpha value is -2.37. The molecule has 20 heavy (non-hydrogen) atoms. The molecule has 0 spiro atoms. The minimum atomic E-state index is -0.129. The number of pyridine rings is 1. The number of nitrogens with one attached hydrogen (secondary N) is 2. The Bertz CT molecular complexity index is 521. The van der Waals surface area contributed by atoms with Gasteiger partial charge in [-0.2, -0.15) is 0 Å². The molecule has 2 aromatic rings. The van der Waals surface area contributed by atoms with Crippen molar-refractivity contribution in [1.82, 2.24) is 19.9 Å². The number of anilines is 1. The van der Waals surface area contributed by atoms with Crippen LogP contribution in [-0.2, 0) is 6.54 Å². The maximum atomic E-state index is 11.8. The second-order valence-corrected chi connectivity index (χ2v) is 4.45. The molecule has 0 atom stereocenters. The number of hydrogen-bond donors (Lipinski definition) is 2. The standard InChI is InChI=1S/C14H19N5O/c1-15-12-4-5-13(18-10-12)14(20)17-6-2-3-8-19-9-7-16-11-19/h4-5,7,9-11,15H,2-3,6,8H2,1H3,(H,17,20). The number of imidazole rings is 1. The van der Waals surface area contributed by atoms with E-state index in [1.54, 1.807) is 24.8 Å². The lowest BCUT2D eigenvalue weighted by atomic mass is 10.3. The Labute approximate surface area is 118 Å². The third kappa shape index (κ3) is 4.08. The molecule has 0 aliphatic carbocycles. The molecule has 0 aliphatic rings. The third-order valence-corrected chi connectivity index (χ3v) is 2.97. The third-order valence-electron chi connectivity index (χ3n) is 2.97. The second-order valence-electron chi connectivity index (χ2n) is 4.45. The summed E-state index contributed by atoms with van der Waals surface area (Å²) in [6.07, 6.45) is 9.08. The molecule has 6 heteroatoms. The van der Waals surface area contributed by atoms with Crippen LogP contribution >= 0.6 is 0 Å². The minimum Gasteiger partial charge on any atom is -0.387 e. The lowest BCUT2D eigenvalue weighted by Crippen LogP contribution is -2.25. The molecule has 106 valence electrons. The van der Waals surface area contributed by atoms with E-state index in [0.717, 1.165) is 25.1 Å². The Morgan fingerprint density at radius 2 is 2.25 bits per heavy atom. The number of unbranched alkanes of at least 4 members (excludes halogenated alkanes) is 1. The summed E-state index contributed by atoms with van der Waals surface area (Å²) < 4.78 is 2.03. The maximum Gasteiger partial charge on any atom is 0.269 e. The lowest BCUT2D eigenvalue weighted by Gasteiger charge is -2.06. The van der Waals surface area contributed by atoms with Gasteiger partial charge < -0.3 is 15.2 Å². The smallest absolute Gasteiger partial charge is 0.269 e. The average Bonchev–Trinajstić information content (AvgIpc) is 3.00. The van der Waals surface area contributed by atoms with Gasteiger partial charge in [0.1, 0.15) is 5.69 Å². The predicted octanol–water partition coefficient (Wildman–Crippen LogP) is 1.53. The van der Waals surface area contributed by atoms with E-state index >= 15 is 0 Å². The summed E-state index contributed by atoms with van der Waals surface area (Å²) in [5, 5.41) is 5.83. The summed E-state index contributed by atoms with van der Waals surface area (Å²) in [4.78, 5) is 19.9. The fourth-order valence-electron chi connectivity index (χ4n) is 1.81. The zero-order chi connectivity index (χ0) is 14.2. The van der Waals surface area contributed by atoms with Gasteiger partial charge in [-0.25, -0.2) is 9.97 Å². The number of amides is 1. The van der Waals surface area contributed by atoms with Crippen LogP contribution in [0, 0.1) is 0 Å². The van der Waals surface area contributed by atoms with E-state index in [9.17, 15) is 4.79 Å². The van der Waals surface area contributed by atoms with E-state index in [1.165, 1.54) is 0 Å². The molecule has 0 saturated carbocycles. The lowest BCUT2D eigenvalue weighted by molar-refractivity contribution is 0.0948. The van der Waals surface area contributed by atoms with E-state index in [1.807, 2.05) is 23.9 Å². The van der Waals surface area contributed by atoms with E-state index in [0.29, 0.717) is 12.2 Å². The fraction of sp³-hybridized carbons (Fsp3) is 0.357. The molecule has 0 radical (unpaired) electrons. The normalized spacial score (nSPS) is 10.2. The number of aryl methyl sites for hydroxylation is 1. The fourth-order valence-corrected chi connectivity index (χ4v) is 1.81. The molecule has 2 N–H and O–H groups in total. The van der Waals surface area contributed by atoms with Crippen LogP contribution in [0.15, 0.2) is 37.1 Å². The number of carbonyl (C=O) groups is 1. The summed E-state index contributed by atoms with van der Waals surface area (Å²) in [5.74, 6) is -0.129. The van der Waals surface area contributed by atoms with Crippen molar-refractivity contribution in [3.63, 3.8) is 0 Å². The van der Waals surface area contributed by atoms with Crippen molar-refractivity contribution in [3.05, 3.63) is 42.7 Å². The molecule has 0 unspecified atom stereocenters. The van der Waals surface area contributed by atoms with Gasteiger partial charge in [0, 0.05) is 32.5 Å². The molecule has 0 fully saturated rings. The predicted molar refractivity (Wildman–Crippen MR) is 77.6 cm³/mol. The van der Waals surface area contributed by atoms with E-state index < -0.39 is 0 Å². The van der Waals surface area contributed by atoms with Crippen molar-refractivity contribution in [2.24, 2.45) is 0 Å². The number of carbonyl (C=O) groups excluding carboxylic acids is 1. The van der Waals surface area contributed by atoms with Crippen molar-refractivity contribution in [2.45, 2.75) is 19.4 Å². The molecule has 2 heterocycles. The molecule has 0 aliphatic heterocycles. The highest BCUT2D eigenvalue weighted by Gasteiger charge is 2.05. The first-order valence-electron chi connectivity index (χ1n) is 6.67. The highest BCUT2D eigenvalue weighted by atomic mass is 16.1. The van der Waals surface area contributed by atoms with Gasteiger partial charge in [-0.3, -0.25) is 4.79 Å². The average molecular weight is 273 g/mol. The summed E-state index contributed by atoms with van der Waals surface area (Å²) in [5.41, 5.74) is 1.33. The molecule has 0 aromatic carbocycles. The van der Waals surface area contributed by atoms with Gasteiger partial charge in [0.2, 0.25) is 0 Å². The maximum absolute atomic E-state index is 11.8. The molecule has 0 bridgehead atoms. The minimum absolute atomic E-state index is 0.129. The molecular weight excluding hydrogens is 254 g/mol. The Morgan fingerprint density at radius 3 is 2.90 bits per heavy atom. The molecule has 0 saturated heterocycles. The van der Waals surface area contributed by atoms with Crippen LogP contribution in [0.2, 0.25) is 0 Å². The quantitative estimate of drug-likeness (QED) is 0.750. The Balaban J connectivity index is 1.66. The molecule has 2 rings (SSSR count). The van der Waals surface area contributed by atoms with Crippen LogP contribution in [-0.4, -0.2) is 34.0 Å². The number of nitrogens with zero attached hydrogens (tertiary/aromatic N) is 3. The van der Waals surface area contributed by atoms with Crippen LogP contribution in [0.25, 0.3) is 0 Å². The number of rotatable bonds is 7. The SMILES string of the molecule is CNc1ccc(C(=O)NCCCCn2ccnc2)nc1. The molecule has 2 aromatic heterocycles. The zero-order valence-electron chi connectivity index (χ0n) is 11.5. The van der Waals surface area contributed by atoms with Crippen LogP contribution < -0.4 is 10.6 Å². The van der Waals surface area contributed by atoms with Crippen molar-refractivity contribution in [3.8, 4) is 0 Å².